The summed E-state index contributed by atoms with van der Waals surface area (Å²) < 4.78 is 0. The highest BCUT2D eigenvalue weighted by Crippen LogP contribution is 2.54. The Balaban J connectivity index is 2.25. The maximum absolute atomic E-state index is 9.36. The van der Waals surface area contributed by atoms with E-state index in [2.05, 4.69) is 0 Å². The van der Waals surface area contributed by atoms with Crippen LogP contribution in [-0.2, 0) is 0 Å². The van der Waals surface area contributed by atoms with Gasteiger partial charge in [-0.05, 0) is 19.3 Å². The number of hydrogen-bond donors (Lipinski definition) is 1. The summed E-state index contributed by atoms with van der Waals surface area (Å²) in [6.45, 7) is 0. The molecule has 3 atom stereocenters. The van der Waals surface area contributed by atoms with Gasteiger partial charge in [0.05, 0.1) is 11.0 Å². The maximum atomic E-state index is 9.36. The Morgan fingerprint density at radius 3 is 2.91 bits per heavy atom. The number of hydrogen-bond acceptors (Lipinski definition) is 1. The summed E-state index contributed by atoms with van der Waals surface area (Å²) in [7, 11) is 0. The van der Waals surface area contributed by atoms with Gasteiger partial charge in [0.2, 0.25) is 0 Å². The van der Waals surface area contributed by atoms with E-state index in [-0.39, 0.29) is 12.0 Å². The Labute approximate surface area is 76.0 Å². The van der Waals surface area contributed by atoms with Crippen LogP contribution in [0.1, 0.15) is 19.3 Å². The number of rotatable bonds is 0. The summed E-state index contributed by atoms with van der Waals surface area (Å²) in [6, 6.07) is 0. The number of halogens is 2. The summed E-state index contributed by atoms with van der Waals surface area (Å²) in [5.41, 5.74) is 0. The molecule has 11 heavy (non-hydrogen) atoms. The molecule has 1 fully saturated rings. The van der Waals surface area contributed by atoms with Gasteiger partial charge >= 0.3 is 0 Å². The highest BCUT2D eigenvalue weighted by molar-refractivity contribution is 6.40. The van der Waals surface area contributed by atoms with Gasteiger partial charge in [0.15, 0.2) is 0 Å². The summed E-state index contributed by atoms with van der Waals surface area (Å²) in [6.07, 6.45) is 4.29. The third-order valence-corrected chi connectivity index (χ3v) is 3.98. The van der Waals surface area contributed by atoms with Crippen LogP contribution in [0.25, 0.3) is 0 Å². The lowest BCUT2D eigenvalue weighted by Crippen LogP contribution is -2.54. The Kier molecular flexibility index (Phi) is 1.71. The van der Waals surface area contributed by atoms with Gasteiger partial charge < -0.3 is 5.11 Å². The molecule has 0 bridgehead atoms. The zero-order valence-corrected chi connectivity index (χ0v) is 7.57. The van der Waals surface area contributed by atoms with Gasteiger partial charge in [0, 0.05) is 11.0 Å². The van der Waals surface area contributed by atoms with Crippen LogP contribution in [0.3, 0.4) is 0 Å². The van der Waals surface area contributed by atoms with Gasteiger partial charge in [-0.3, -0.25) is 0 Å². The van der Waals surface area contributed by atoms with Crippen molar-refractivity contribution >= 4 is 23.2 Å². The minimum absolute atomic E-state index is 0.196. The van der Waals surface area contributed by atoms with Crippen molar-refractivity contribution in [3.8, 4) is 0 Å². The van der Waals surface area contributed by atoms with Crippen molar-refractivity contribution in [2.75, 3.05) is 0 Å². The minimum atomic E-state index is -0.404. The van der Waals surface area contributed by atoms with E-state index in [1.807, 2.05) is 6.08 Å². The lowest BCUT2D eigenvalue weighted by molar-refractivity contribution is -0.00767. The van der Waals surface area contributed by atoms with Gasteiger partial charge in [-0.2, -0.15) is 0 Å². The van der Waals surface area contributed by atoms with Crippen molar-refractivity contribution in [1.82, 2.24) is 0 Å². The predicted octanol–water partition coefficient (Wildman–Crippen LogP) is 2.26. The summed E-state index contributed by atoms with van der Waals surface area (Å²) >= 11 is 12.1. The zero-order valence-electron chi connectivity index (χ0n) is 6.06. The van der Waals surface area contributed by atoms with Crippen LogP contribution in [-0.4, -0.2) is 16.1 Å². The molecule has 3 unspecified atom stereocenters. The van der Waals surface area contributed by atoms with Crippen LogP contribution < -0.4 is 0 Å². The van der Waals surface area contributed by atoms with Crippen molar-refractivity contribution in [1.29, 1.82) is 0 Å². The van der Waals surface area contributed by atoms with E-state index in [9.17, 15) is 5.11 Å². The number of aliphatic hydroxyl groups excluding tert-OH is 1. The smallest absolute Gasteiger partial charge is 0.0874 e. The van der Waals surface area contributed by atoms with Gasteiger partial charge in [-0.25, -0.2) is 0 Å². The molecule has 0 aromatic carbocycles. The van der Waals surface area contributed by atoms with Gasteiger partial charge in [-0.1, -0.05) is 17.7 Å². The Hall–Kier alpha value is 0.280. The number of fused-ring (bicyclic) bond motifs is 1. The SMILES string of the molecule is OC1CC2(Cl)C(Cl)=CCCC12. The molecule has 2 aliphatic rings. The Bertz CT molecular complexity index is 214. The molecule has 2 rings (SSSR count). The molecule has 0 aromatic rings. The molecule has 1 N–H and O–H groups in total. The van der Waals surface area contributed by atoms with E-state index < -0.39 is 4.87 Å². The third-order valence-electron chi connectivity index (χ3n) is 2.76. The molecule has 0 amide bonds. The highest BCUT2D eigenvalue weighted by Gasteiger charge is 2.54. The fourth-order valence-corrected chi connectivity index (χ4v) is 2.81. The standard InChI is InChI=1S/C8H10Cl2O/c9-7-3-1-2-5-6(11)4-8(5,7)10/h3,5-6,11H,1-2,4H2. The Morgan fingerprint density at radius 2 is 2.36 bits per heavy atom. The Morgan fingerprint density at radius 1 is 1.64 bits per heavy atom. The van der Waals surface area contributed by atoms with E-state index in [0.29, 0.717) is 6.42 Å². The van der Waals surface area contributed by atoms with Crippen molar-refractivity contribution in [2.24, 2.45) is 5.92 Å². The van der Waals surface area contributed by atoms with Crippen molar-refractivity contribution in [3.63, 3.8) is 0 Å². The molecule has 0 radical (unpaired) electrons. The second-order valence-electron chi connectivity index (χ2n) is 3.37. The highest BCUT2D eigenvalue weighted by atomic mass is 35.5. The van der Waals surface area contributed by atoms with E-state index in [0.717, 1.165) is 17.9 Å². The number of allylic oxidation sites excluding steroid dienone is 2. The molecule has 3 heteroatoms. The molecule has 0 heterocycles. The first-order valence-electron chi connectivity index (χ1n) is 3.88. The first kappa shape index (κ1) is 7.90. The van der Waals surface area contributed by atoms with E-state index in [1.165, 1.54) is 0 Å². The van der Waals surface area contributed by atoms with Crippen LogP contribution in [0.2, 0.25) is 0 Å². The number of aliphatic hydroxyl groups is 1. The molecule has 0 spiro atoms. The van der Waals surface area contributed by atoms with Crippen LogP contribution in [0.5, 0.6) is 0 Å². The second-order valence-corrected chi connectivity index (χ2v) is 4.45. The van der Waals surface area contributed by atoms with Gasteiger partial charge in [0.25, 0.3) is 0 Å². The molecule has 1 saturated carbocycles. The van der Waals surface area contributed by atoms with E-state index in [4.69, 9.17) is 23.2 Å². The van der Waals surface area contributed by atoms with Crippen molar-refractivity contribution in [2.45, 2.75) is 30.2 Å². The van der Waals surface area contributed by atoms with Crippen LogP contribution in [0.4, 0.5) is 0 Å². The molecule has 2 aliphatic carbocycles. The molecule has 0 saturated heterocycles. The molecular weight excluding hydrogens is 183 g/mol. The number of alkyl halides is 1. The fourth-order valence-electron chi connectivity index (χ4n) is 2.00. The monoisotopic (exact) mass is 192 g/mol. The van der Waals surface area contributed by atoms with E-state index in [1.54, 1.807) is 0 Å². The van der Waals surface area contributed by atoms with Crippen molar-refractivity contribution < 1.29 is 5.11 Å². The van der Waals surface area contributed by atoms with E-state index >= 15 is 0 Å². The second kappa shape index (κ2) is 2.38. The first-order chi connectivity index (χ1) is 5.14. The summed E-state index contributed by atoms with van der Waals surface area (Å²) in [5, 5.41) is 10.1. The summed E-state index contributed by atoms with van der Waals surface area (Å²) in [4.78, 5) is -0.404. The van der Waals surface area contributed by atoms with Crippen LogP contribution in [0.15, 0.2) is 11.1 Å². The minimum Gasteiger partial charge on any atom is -0.393 e. The molecule has 62 valence electrons. The molecular formula is C8H10Cl2O. The normalized spacial score (nSPS) is 49.2. The van der Waals surface area contributed by atoms with Crippen LogP contribution in [0, 0.1) is 5.92 Å². The third kappa shape index (κ3) is 0.947. The molecule has 0 aromatic heterocycles. The average molecular weight is 193 g/mol. The van der Waals surface area contributed by atoms with Crippen LogP contribution >= 0.6 is 23.2 Å². The topological polar surface area (TPSA) is 20.2 Å². The van der Waals surface area contributed by atoms with Crippen molar-refractivity contribution in [3.05, 3.63) is 11.1 Å². The lowest BCUT2D eigenvalue weighted by Gasteiger charge is -2.50. The lowest BCUT2D eigenvalue weighted by atomic mass is 9.65. The van der Waals surface area contributed by atoms with Gasteiger partial charge in [0.1, 0.15) is 0 Å². The molecule has 0 aliphatic heterocycles. The fraction of sp³-hybridized carbons (Fsp3) is 0.750. The largest absolute Gasteiger partial charge is 0.393 e. The predicted molar refractivity (Wildman–Crippen MR) is 45.9 cm³/mol. The average Bonchev–Trinajstić information content (AvgIpc) is 1.95. The maximum Gasteiger partial charge on any atom is 0.0874 e. The van der Waals surface area contributed by atoms with Gasteiger partial charge in [-0.15, -0.1) is 11.6 Å². The zero-order chi connectivity index (χ0) is 8.06. The first-order valence-corrected chi connectivity index (χ1v) is 4.63. The molecule has 1 nitrogen and oxygen atoms in total. The summed E-state index contributed by atoms with van der Waals surface area (Å²) in [5.74, 6) is 0.196. The quantitative estimate of drug-likeness (QED) is 0.585.